The first-order valence-corrected chi connectivity index (χ1v) is 5.28. The molecular weight excluding hydrogens is 178 g/mol. The van der Waals surface area contributed by atoms with Crippen LogP contribution in [0.3, 0.4) is 0 Å². The molecule has 2 rings (SSSR count). The van der Waals surface area contributed by atoms with E-state index in [0.29, 0.717) is 0 Å². The quantitative estimate of drug-likeness (QED) is 0.721. The fourth-order valence-electron chi connectivity index (χ4n) is 1.43. The van der Waals surface area contributed by atoms with Crippen LogP contribution in [-0.2, 0) is 11.8 Å². The van der Waals surface area contributed by atoms with Crippen LogP contribution >= 0.6 is 0 Å². The summed E-state index contributed by atoms with van der Waals surface area (Å²) in [6.07, 6.45) is 5.30. The van der Waals surface area contributed by atoms with Crippen LogP contribution < -0.4 is 5.73 Å². The Hall–Kier alpha value is -0.900. The van der Waals surface area contributed by atoms with Gasteiger partial charge in [-0.1, -0.05) is 12.1 Å². The number of nitrogens with two attached hydrogens (primary N) is 1. The highest BCUT2D eigenvalue weighted by molar-refractivity contribution is 5.14. The van der Waals surface area contributed by atoms with Crippen molar-refractivity contribution in [1.82, 2.24) is 10.1 Å². The molecule has 0 amide bonds. The first kappa shape index (κ1) is 9.65. The summed E-state index contributed by atoms with van der Waals surface area (Å²) in [5.74, 6) is 1.65. The number of nitrogens with zero attached hydrogens (tertiary/aromatic N) is 2. The summed E-state index contributed by atoms with van der Waals surface area (Å²) in [4.78, 5) is 4.40. The van der Waals surface area contributed by atoms with Gasteiger partial charge < -0.3 is 10.3 Å². The van der Waals surface area contributed by atoms with Crippen molar-refractivity contribution >= 4 is 0 Å². The Morgan fingerprint density at radius 1 is 1.43 bits per heavy atom. The Kier molecular flexibility index (Phi) is 2.54. The normalized spacial score (nSPS) is 18.4. The first-order chi connectivity index (χ1) is 6.74. The van der Waals surface area contributed by atoms with E-state index in [9.17, 15) is 0 Å². The van der Waals surface area contributed by atoms with Crippen molar-refractivity contribution < 1.29 is 4.52 Å². The largest absolute Gasteiger partial charge is 0.339 e. The average Bonchev–Trinajstić information content (AvgIpc) is 2.76. The predicted molar refractivity (Wildman–Crippen MR) is 52.9 cm³/mol. The molecule has 1 fully saturated rings. The van der Waals surface area contributed by atoms with Crippen LogP contribution in [0.15, 0.2) is 4.52 Å². The van der Waals surface area contributed by atoms with Crippen LogP contribution in [0.5, 0.6) is 0 Å². The van der Waals surface area contributed by atoms with E-state index >= 15 is 0 Å². The van der Waals surface area contributed by atoms with Gasteiger partial charge in [0.05, 0.1) is 0 Å². The van der Waals surface area contributed by atoms with E-state index in [1.165, 1.54) is 12.8 Å². The highest BCUT2D eigenvalue weighted by Crippen LogP contribution is 2.45. The zero-order chi connectivity index (χ0) is 10.0. The van der Waals surface area contributed by atoms with Gasteiger partial charge in [0.25, 0.3) is 0 Å². The van der Waals surface area contributed by atoms with Crippen LogP contribution in [0.2, 0.25) is 0 Å². The van der Waals surface area contributed by atoms with E-state index < -0.39 is 0 Å². The van der Waals surface area contributed by atoms with Crippen molar-refractivity contribution in [2.45, 2.75) is 44.4 Å². The maximum Gasteiger partial charge on any atom is 0.226 e. The van der Waals surface area contributed by atoms with Crippen molar-refractivity contribution in [3.8, 4) is 0 Å². The third-order valence-corrected chi connectivity index (χ3v) is 2.85. The lowest BCUT2D eigenvalue weighted by atomic mass is 10.1. The fourth-order valence-corrected chi connectivity index (χ4v) is 1.43. The van der Waals surface area contributed by atoms with E-state index in [0.717, 1.165) is 37.5 Å². The van der Waals surface area contributed by atoms with Gasteiger partial charge >= 0.3 is 0 Å². The Morgan fingerprint density at radius 3 is 2.86 bits per heavy atom. The summed E-state index contributed by atoms with van der Waals surface area (Å²) in [6.45, 7) is 2.92. The molecule has 1 heterocycles. The van der Waals surface area contributed by atoms with E-state index in [2.05, 4.69) is 17.1 Å². The molecule has 0 atom stereocenters. The average molecular weight is 195 g/mol. The van der Waals surface area contributed by atoms with Crippen LogP contribution in [0.25, 0.3) is 0 Å². The van der Waals surface area contributed by atoms with Gasteiger partial charge in [-0.25, -0.2) is 0 Å². The summed E-state index contributed by atoms with van der Waals surface area (Å²) in [5.41, 5.74) is 5.63. The van der Waals surface area contributed by atoms with Gasteiger partial charge in [-0.05, 0) is 32.2 Å². The molecule has 0 saturated heterocycles. The van der Waals surface area contributed by atoms with Crippen LogP contribution in [0.4, 0.5) is 0 Å². The molecule has 1 aromatic heterocycles. The lowest BCUT2D eigenvalue weighted by Gasteiger charge is -1.97. The molecule has 14 heavy (non-hydrogen) atoms. The summed E-state index contributed by atoms with van der Waals surface area (Å²) in [6, 6.07) is 0. The molecule has 2 N–H and O–H groups in total. The SMILES string of the molecule is CC1(c2noc(CCCCN)n2)CC1. The van der Waals surface area contributed by atoms with E-state index in [1.54, 1.807) is 0 Å². The van der Waals surface area contributed by atoms with E-state index in [-0.39, 0.29) is 5.41 Å². The van der Waals surface area contributed by atoms with Gasteiger partial charge in [0.15, 0.2) is 5.82 Å². The molecule has 4 heteroatoms. The summed E-state index contributed by atoms with van der Waals surface area (Å²) < 4.78 is 5.18. The Balaban J connectivity index is 1.90. The molecular formula is C10H17N3O. The first-order valence-electron chi connectivity index (χ1n) is 5.28. The molecule has 1 aliphatic rings. The van der Waals surface area contributed by atoms with Crippen molar-refractivity contribution in [3.63, 3.8) is 0 Å². The zero-order valence-corrected chi connectivity index (χ0v) is 8.62. The molecule has 0 unspecified atom stereocenters. The summed E-state index contributed by atoms with van der Waals surface area (Å²) in [5, 5.41) is 4.01. The highest BCUT2D eigenvalue weighted by atomic mass is 16.5. The molecule has 0 aliphatic heterocycles. The predicted octanol–water partition coefficient (Wildman–Crippen LogP) is 1.40. The molecule has 0 aromatic carbocycles. The number of rotatable bonds is 5. The summed E-state index contributed by atoms with van der Waals surface area (Å²) in [7, 11) is 0. The zero-order valence-electron chi connectivity index (χ0n) is 8.62. The summed E-state index contributed by atoms with van der Waals surface area (Å²) >= 11 is 0. The maximum atomic E-state index is 5.41. The Morgan fingerprint density at radius 2 is 2.21 bits per heavy atom. The van der Waals surface area contributed by atoms with Gasteiger partial charge in [0.1, 0.15) is 0 Å². The molecule has 0 bridgehead atoms. The van der Waals surface area contributed by atoms with Crippen molar-refractivity contribution in [3.05, 3.63) is 11.7 Å². The van der Waals surface area contributed by atoms with Gasteiger partial charge in [-0.2, -0.15) is 4.98 Å². The number of hydrogen-bond donors (Lipinski definition) is 1. The lowest BCUT2D eigenvalue weighted by molar-refractivity contribution is 0.366. The topological polar surface area (TPSA) is 64.9 Å². The second-order valence-corrected chi connectivity index (χ2v) is 4.32. The Labute approximate surface area is 83.9 Å². The van der Waals surface area contributed by atoms with E-state index in [1.807, 2.05) is 0 Å². The second kappa shape index (κ2) is 3.69. The number of hydrogen-bond acceptors (Lipinski definition) is 4. The van der Waals surface area contributed by atoms with Gasteiger partial charge in [-0.15, -0.1) is 0 Å². The number of aryl methyl sites for hydroxylation is 1. The van der Waals surface area contributed by atoms with Crippen molar-refractivity contribution in [2.75, 3.05) is 6.54 Å². The van der Waals surface area contributed by atoms with E-state index in [4.69, 9.17) is 10.3 Å². The fraction of sp³-hybridized carbons (Fsp3) is 0.800. The number of aromatic nitrogens is 2. The van der Waals surface area contributed by atoms with Gasteiger partial charge in [0.2, 0.25) is 5.89 Å². The minimum absolute atomic E-state index is 0.218. The van der Waals surface area contributed by atoms with Gasteiger partial charge in [-0.3, -0.25) is 0 Å². The van der Waals surface area contributed by atoms with Crippen molar-refractivity contribution in [1.29, 1.82) is 0 Å². The molecule has 1 aromatic rings. The Bertz CT molecular complexity index is 304. The highest BCUT2D eigenvalue weighted by Gasteiger charge is 2.43. The molecule has 1 saturated carbocycles. The third kappa shape index (κ3) is 1.95. The smallest absolute Gasteiger partial charge is 0.226 e. The molecule has 1 aliphatic carbocycles. The van der Waals surface area contributed by atoms with Crippen molar-refractivity contribution in [2.24, 2.45) is 5.73 Å². The monoisotopic (exact) mass is 195 g/mol. The minimum Gasteiger partial charge on any atom is -0.339 e. The minimum atomic E-state index is 0.218. The molecule has 78 valence electrons. The third-order valence-electron chi connectivity index (χ3n) is 2.85. The van der Waals surface area contributed by atoms with Crippen LogP contribution in [0, 0.1) is 0 Å². The van der Waals surface area contributed by atoms with Crippen LogP contribution in [-0.4, -0.2) is 16.7 Å². The standard InChI is InChI=1S/C10H17N3O/c1-10(5-6-10)9-12-8(14-13-9)4-2-3-7-11/h2-7,11H2,1H3. The maximum absolute atomic E-state index is 5.41. The molecule has 0 spiro atoms. The second-order valence-electron chi connectivity index (χ2n) is 4.32. The van der Waals surface area contributed by atoms with Gasteiger partial charge in [0, 0.05) is 11.8 Å². The lowest BCUT2D eigenvalue weighted by Crippen LogP contribution is -2.02. The molecule has 0 radical (unpaired) electrons. The molecule has 4 nitrogen and oxygen atoms in total. The van der Waals surface area contributed by atoms with Crippen LogP contribution in [0.1, 0.15) is 44.3 Å². The number of unbranched alkanes of at least 4 members (excludes halogenated alkanes) is 1.